The highest BCUT2D eigenvalue weighted by atomic mass is 32.5. The molecule has 13 heavy (non-hydrogen) atoms. The average Bonchev–Trinajstić information content (AvgIpc) is 2.29. The van der Waals surface area contributed by atoms with Crippen LogP contribution in [0.25, 0.3) is 0 Å². The van der Waals surface area contributed by atoms with Crippen molar-refractivity contribution in [1.29, 1.82) is 0 Å². The summed E-state index contributed by atoms with van der Waals surface area (Å²) < 4.78 is 63.5. The average molecular weight is 221 g/mol. The molecule has 0 saturated heterocycles. The van der Waals surface area contributed by atoms with E-state index in [0.29, 0.717) is 0 Å². The lowest BCUT2D eigenvalue weighted by atomic mass is 10.5. The topological polar surface area (TPSA) is 25.5 Å². The summed E-state index contributed by atoms with van der Waals surface area (Å²) in [7, 11) is -9.69. The van der Waals surface area contributed by atoms with Crippen LogP contribution in [-0.2, 0) is 0 Å². The van der Waals surface area contributed by atoms with E-state index < -0.39 is 10.4 Å². The molecule has 0 atom stereocenters. The van der Waals surface area contributed by atoms with Crippen molar-refractivity contribution >= 4 is 16.6 Å². The lowest BCUT2D eigenvalue weighted by molar-refractivity contribution is 0.367. The van der Waals surface area contributed by atoms with Crippen LogP contribution in [0, 0.1) is 0 Å². The van der Waals surface area contributed by atoms with Crippen molar-refractivity contribution in [3.8, 4) is 0 Å². The van der Waals surface area contributed by atoms with Crippen LogP contribution >= 0.6 is 10.4 Å². The Morgan fingerprint density at radius 3 is 2.23 bits per heavy atom. The highest BCUT2D eigenvalue weighted by Gasteiger charge is 2.63. The van der Waals surface area contributed by atoms with Gasteiger partial charge in [0.25, 0.3) is 0 Å². The predicted octanol–water partition coefficient (Wildman–Crippen LogP) is 3.91. The molecule has 1 rings (SSSR count). The second kappa shape index (κ2) is 2.06. The Morgan fingerprint density at radius 1 is 1.23 bits per heavy atom. The van der Waals surface area contributed by atoms with Gasteiger partial charge in [-0.05, 0) is 12.1 Å². The Labute approximate surface area is 69.9 Å². The van der Waals surface area contributed by atoms with Gasteiger partial charge in [0.1, 0.15) is 5.76 Å². The van der Waals surface area contributed by atoms with Gasteiger partial charge in [-0.25, -0.2) is 0 Å². The Bertz CT molecular complexity index is 324. The van der Waals surface area contributed by atoms with E-state index in [1.165, 1.54) is 10.5 Å². The number of rotatable bonds is 2. The van der Waals surface area contributed by atoms with Gasteiger partial charge >= 0.3 is 10.4 Å². The molecular weight excluding hydrogens is 217 g/mol. The van der Waals surface area contributed by atoms with Crippen molar-refractivity contribution in [2.75, 3.05) is 0 Å². The Kier molecular flexibility index (Phi) is 1.59. The molecule has 1 heterocycles. The second-order valence-corrected chi connectivity index (χ2v) is 4.25. The fourth-order valence-corrected chi connectivity index (χ4v) is 0.819. The maximum atomic E-state index is 11.6. The minimum absolute atomic E-state index is 0.0540. The summed E-state index contributed by atoms with van der Waals surface area (Å²) in [4.78, 5) is 0. The summed E-state index contributed by atoms with van der Waals surface area (Å²) in [6, 6.07) is 2.33. The standard InChI is InChI=1S/C5H4F5NOS/c6-13(7,8,9,10)11-4-5-2-1-3-12-5/h1-4H/b11-4+. The van der Waals surface area contributed by atoms with Gasteiger partial charge in [0.2, 0.25) is 0 Å². The van der Waals surface area contributed by atoms with E-state index in [-0.39, 0.29) is 12.0 Å². The molecule has 0 aliphatic heterocycles. The molecule has 0 spiro atoms. The highest BCUT2D eigenvalue weighted by Crippen LogP contribution is 2.98. The summed E-state index contributed by atoms with van der Waals surface area (Å²) in [5, 5.41) is 0. The van der Waals surface area contributed by atoms with E-state index in [2.05, 4.69) is 4.42 Å². The van der Waals surface area contributed by atoms with Gasteiger partial charge in [0.05, 0.1) is 12.5 Å². The van der Waals surface area contributed by atoms with Crippen LogP contribution in [0.15, 0.2) is 27.2 Å². The maximum absolute atomic E-state index is 11.6. The van der Waals surface area contributed by atoms with Gasteiger partial charge in [-0.1, -0.05) is 19.4 Å². The fraction of sp³-hybridized carbons (Fsp3) is 0. The summed E-state index contributed by atoms with van der Waals surface area (Å²) >= 11 is 0. The van der Waals surface area contributed by atoms with Gasteiger partial charge in [0.15, 0.2) is 0 Å². The first-order valence-corrected chi connectivity index (χ1v) is 4.80. The van der Waals surface area contributed by atoms with Crippen LogP contribution in [0.3, 0.4) is 0 Å². The van der Waals surface area contributed by atoms with Gasteiger partial charge in [0, 0.05) is 0 Å². The monoisotopic (exact) mass is 221 g/mol. The van der Waals surface area contributed by atoms with Crippen molar-refractivity contribution in [3.05, 3.63) is 24.2 Å². The van der Waals surface area contributed by atoms with Crippen LogP contribution in [0.4, 0.5) is 19.4 Å². The van der Waals surface area contributed by atoms with Crippen molar-refractivity contribution in [2.24, 2.45) is 4.40 Å². The molecule has 1 aromatic heterocycles. The van der Waals surface area contributed by atoms with E-state index in [1.54, 1.807) is 0 Å². The van der Waals surface area contributed by atoms with E-state index in [1.807, 2.05) is 0 Å². The van der Waals surface area contributed by atoms with Crippen LogP contribution < -0.4 is 0 Å². The molecular formula is C5H4F5NOS. The van der Waals surface area contributed by atoms with Gasteiger partial charge in [-0.15, -0.1) is 4.40 Å². The number of furan rings is 1. The molecule has 2 nitrogen and oxygen atoms in total. The molecule has 0 aliphatic rings. The highest BCUT2D eigenvalue weighted by molar-refractivity contribution is 8.44. The van der Waals surface area contributed by atoms with E-state index in [0.717, 1.165) is 12.3 Å². The fourth-order valence-electron chi connectivity index (χ4n) is 0.516. The first kappa shape index (κ1) is 10.0. The molecule has 0 fully saturated rings. The number of halogens is 5. The van der Waals surface area contributed by atoms with Crippen LogP contribution in [0.5, 0.6) is 0 Å². The molecule has 0 N–H and O–H groups in total. The largest absolute Gasteiger partial charge is 0.463 e. The molecule has 0 saturated carbocycles. The molecule has 0 aromatic carbocycles. The third kappa shape index (κ3) is 4.51. The summed E-state index contributed by atoms with van der Waals surface area (Å²) in [5.41, 5.74) is 0. The van der Waals surface area contributed by atoms with Crippen molar-refractivity contribution in [3.63, 3.8) is 0 Å². The Morgan fingerprint density at radius 2 is 1.85 bits per heavy atom. The SMILES string of the molecule is FS(F)(F)(F)(F)/N=C/c1ccco1. The Hall–Kier alpha value is -1.05. The van der Waals surface area contributed by atoms with Gasteiger partial charge in [-0.2, -0.15) is 0 Å². The molecule has 0 aliphatic carbocycles. The number of hydrogen-bond donors (Lipinski definition) is 0. The van der Waals surface area contributed by atoms with Crippen LogP contribution in [-0.4, -0.2) is 6.21 Å². The van der Waals surface area contributed by atoms with Crippen molar-refractivity contribution in [1.82, 2.24) is 0 Å². The Balaban J connectivity index is 2.94. The summed E-state index contributed by atoms with van der Waals surface area (Å²) in [6.45, 7) is 0. The van der Waals surface area contributed by atoms with Crippen LogP contribution in [0.2, 0.25) is 0 Å². The quantitative estimate of drug-likeness (QED) is 0.549. The molecule has 8 heteroatoms. The second-order valence-electron chi connectivity index (χ2n) is 2.18. The molecule has 0 unspecified atom stereocenters. The zero-order chi connectivity index (χ0) is 10.2. The van der Waals surface area contributed by atoms with Crippen molar-refractivity contribution < 1.29 is 23.8 Å². The maximum Gasteiger partial charge on any atom is 0.381 e. The summed E-state index contributed by atoms with van der Waals surface area (Å²) in [5.74, 6) is -0.381. The minimum atomic E-state index is -9.69. The first-order chi connectivity index (χ1) is 5.55. The van der Waals surface area contributed by atoms with E-state index in [9.17, 15) is 19.4 Å². The van der Waals surface area contributed by atoms with Crippen molar-refractivity contribution in [2.45, 2.75) is 0 Å². The molecule has 0 radical (unpaired) electrons. The third-order valence-electron chi connectivity index (χ3n) is 0.922. The molecule has 0 bridgehead atoms. The summed E-state index contributed by atoms with van der Waals surface area (Å²) in [6.07, 6.45) is 0.994. The predicted molar refractivity (Wildman–Crippen MR) is 39.4 cm³/mol. The molecule has 1 aromatic rings. The first-order valence-electron chi connectivity index (χ1n) is 2.90. The van der Waals surface area contributed by atoms with Gasteiger partial charge < -0.3 is 4.42 Å². The minimum Gasteiger partial charge on any atom is -0.463 e. The van der Waals surface area contributed by atoms with E-state index >= 15 is 0 Å². The normalized spacial score (nSPS) is 18.5. The zero-order valence-corrected chi connectivity index (χ0v) is 6.78. The lowest BCUT2D eigenvalue weighted by Gasteiger charge is -2.34. The van der Waals surface area contributed by atoms with E-state index in [4.69, 9.17) is 0 Å². The number of hydrogen-bond acceptors (Lipinski definition) is 2. The molecule has 0 amide bonds. The van der Waals surface area contributed by atoms with Gasteiger partial charge in [-0.3, -0.25) is 0 Å². The number of nitrogens with zero attached hydrogens (tertiary/aromatic N) is 1. The van der Waals surface area contributed by atoms with Crippen LogP contribution in [0.1, 0.15) is 5.76 Å². The zero-order valence-electron chi connectivity index (χ0n) is 5.96. The third-order valence-corrected chi connectivity index (χ3v) is 1.43. The smallest absolute Gasteiger partial charge is 0.381 e. The molecule has 76 valence electrons. The lowest BCUT2D eigenvalue weighted by Crippen LogP contribution is -2.00.